The first-order chi connectivity index (χ1) is 12.0. The molecule has 0 saturated heterocycles. The molecule has 2 aromatic rings. The second-order valence-corrected chi connectivity index (χ2v) is 7.91. The first kappa shape index (κ1) is 19.4. The van der Waals surface area contributed by atoms with Crippen LogP contribution >= 0.6 is 0 Å². The number of nitrogens with zero attached hydrogens (tertiary/aromatic N) is 2. The molecule has 0 atom stereocenters. The van der Waals surface area contributed by atoms with Gasteiger partial charge in [0.15, 0.2) is 0 Å². The Morgan fingerprint density at radius 2 is 1.85 bits per heavy atom. The number of hydrogen-bond donors (Lipinski definition) is 1. The van der Waals surface area contributed by atoms with Crippen molar-refractivity contribution in [3.63, 3.8) is 0 Å². The maximum absolute atomic E-state index is 12.5. The van der Waals surface area contributed by atoms with E-state index in [-0.39, 0.29) is 11.3 Å². The van der Waals surface area contributed by atoms with Gasteiger partial charge in [-0.25, -0.2) is 8.42 Å². The van der Waals surface area contributed by atoms with Gasteiger partial charge in [-0.15, -0.1) is 0 Å². The first-order valence-electron chi connectivity index (χ1n) is 7.62. The van der Waals surface area contributed by atoms with Crippen molar-refractivity contribution in [1.82, 2.24) is 0 Å². The average Bonchev–Trinajstić information content (AvgIpc) is 2.55. The third-order valence-corrected chi connectivity index (χ3v) is 5.25. The highest BCUT2D eigenvalue weighted by atomic mass is 32.2. The predicted molar refractivity (Wildman–Crippen MR) is 100 cm³/mol. The summed E-state index contributed by atoms with van der Waals surface area (Å²) >= 11 is 0. The molecule has 0 heterocycles. The van der Waals surface area contributed by atoms with E-state index in [0.29, 0.717) is 22.5 Å². The third-order valence-electron chi connectivity index (χ3n) is 4.06. The van der Waals surface area contributed by atoms with Crippen molar-refractivity contribution in [2.75, 3.05) is 22.9 Å². The smallest absolute Gasteiger partial charge is 0.274 e. The molecular formula is C17H19N3O5S. The molecule has 8 nitrogen and oxygen atoms in total. The summed E-state index contributed by atoms with van der Waals surface area (Å²) in [6.45, 7) is 3.29. The Morgan fingerprint density at radius 3 is 2.42 bits per heavy atom. The summed E-state index contributed by atoms with van der Waals surface area (Å²) in [5.41, 5.74) is 1.89. The number of hydrogen-bond acceptors (Lipinski definition) is 5. The van der Waals surface area contributed by atoms with E-state index < -0.39 is 20.9 Å². The van der Waals surface area contributed by atoms with Crippen LogP contribution in [0.25, 0.3) is 0 Å². The van der Waals surface area contributed by atoms with E-state index in [0.717, 1.165) is 10.6 Å². The number of benzene rings is 2. The van der Waals surface area contributed by atoms with Gasteiger partial charge >= 0.3 is 0 Å². The van der Waals surface area contributed by atoms with Crippen LogP contribution in [-0.4, -0.2) is 32.6 Å². The Balaban J connectivity index is 2.37. The zero-order valence-corrected chi connectivity index (χ0v) is 15.6. The van der Waals surface area contributed by atoms with Gasteiger partial charge in [0.25, 0.3) is 11.6 Å². The minimum atomic E-state index is -3.47. The van der Waals surface area contributed by atoms with Crippen LogP contribution in [0.4, 0.5) is 17.1 Å². The van der Waals surface area contributed by atoms with Gasteiger partial charge in [0, 0.05) is 18.7 Å². The number of carbonyl (C=O) groups is 1. The summed E-state index contributed by atoms with van der Waals surface area (Å²) in [5, 5.41) is 13.6. The number of nitrogens with one attached hydrogen (secondary N) is 1. The molecule has 0 unspecified atom stereocenters. The van der Waals surface area contributed by atoms with Crippen LogP contribution in [-0.2, 0) is 10.0 Å². The topological polar surface area (TPSA) is 110 Å². The standard InChI is InChI=1S/C17H19N3O5S/c1-11-8-9-13(10-16(11)19(3)26(4,24)25)17(21)18-14-6-5-7-15(12(14)2)20(22)23/h5-10H,1-4H3,(H,18,21). The number of aryl methyl sites for hydroxylation is 1. The minimum Gasteiger partial charge on any atom is -0.321 e. The maximum Gasteiger partial charge on any atom is 0.274 e. The van der Waals surface area contributed by atoms with Crippen molar-refractivity contribution in [2.45, 2.75) is 13.8 Å². The summed E-state index contributed by atoms with van der Waals surface area (Å²) in [6.07, 6.45) is 1.08. The lowest BCUT2D eigenvalue weighted by molar-refractivity contribution is -0.385. The normalized spacial score (nSPS) is 11.1. The quantitative estimate of drug-likeness (QED) is 0.636. The first-order valence-corrected chi connectivity index (χ1v) is 9.47. The fraction of sp³-hybridized carbons (Fsp3) is 0.235. The highest BCUT2D eigenvalue weighted by molar-refractivity contribution is 7.92. The van der Waals surface area contributed by atoms with Gasteiger partial charge in [-0.3, -0.25) is 19.2 Å². The molecule has 0 aliphatic heterocycles. The lowest BCUT2D eigenvalue weighted by Gasteiger charge is -2.20. The number of sulfonamides is 1. The molecule has 0 bridgehead atoms. The number of amides is 1. The molecule has 0 aromatic heterocycles. The van der Waals surface area contributed by atoms with E-state index in [1.807, 2.05) is 0 Å². The number of rotatable bonds is 5. The van der Waals surface area contributed by atoms with Crippen LogP contribution in [0.3, 0.4) is 0 Å². The zero-order valence-electron chi connectivity index (χ0n) is 14.8. The summed E-state index contributed by atoms with van der Waals surface area (Å²) < 4.78 is 24.6. The fourth-order valence-corrected chi connectivity index (χ4v) is 2.97. The Labute approximate surface area is 151 Å². The summed E-state index contributed by atoms with van der Waals surface area (Å²) in [6, 6.07) is 9.09. The van der Waals surface area contributed by atoms with E-state index in [4.69, 9.17) is 0 Å². The van der Waals surface area contributed by atoms with E-state index in [2.05, 4.69) is 5.32 Å². The molecular weight excluding hydrogens is 358 g/mol. The monoisotopic (exact) mass is 377 g/mol. The van der Waals surface area contributed by atoms with Gasteiger partial charge in [0.2, 0.25) is 10.0 Å². The van der Waals surface area contributed by atoms with E-state index in [1.165, 1.54) is 25.2 Å². The van der Waals surface area contributed by atoms with Crippen LogP contribution in [0.2, 0.25) is 0 Å². The molecule has 138 valence electrons. The second kappa shape index (κ2) is 7.12. The second-order valence-electron chi connectivity index (χ2n) is 5.89. The predicted octanol–water partition coefficient (Wildman–Crippen LogP) is 2.86. The van der Waals surface area contributed by atoms with Gasteiger partial charge in [0.1, 0.15) is 0 Å². The SMILES string of the molecule is Cc1ccc(C(=O)Nc2cccc([N+](=O)[O-])c2C)cc1N(C)S(C)(=O)=O. The van der Waals surface area contributed by atoms with Gasteiger partial charge in [-0.05, 0) is 37.6 Å². The van der Waals surface area contributed by atoms with Crippen molar-refractivity contribution in [3.05, 3.63) is 63.2 Å². The highest BCUT2D eigenvalue weighted by Gasteiger charge is 2.18. The third kappa shape index (κ3) is 3.99. The maximum atomic E-state index is 12.5. The molecule has 0 radical (unpaired) electrons. The van der Waals surface area contributed by atoms with Crippen LogP contribution in [0.1, 0.15) is 21.5 Å². The molecule has 2 aromatic carbocycles. The van der Waals surface area contributed by atoms with Gasteiger partial charge < -0.3 is 5.32 Å². The Bertz CT molecular complexity index is 986. The van der Waals surface area contributed by atoms with Crippen LogP contribution < -0.4 is 9.62 Å². The molecule has 1 amide bonds. The van der Waals surface area contributed by atoms with E-state index in [9.17, 15) is 23.3 Å². The molecule has 2 rings (SSSR count). The zero-order chi connectivity index (χ0) is 19.6. The van der Waals surface area contributed by atoms with Crippen LogP contribution in [0.15, 0.2) is 36.4 Å². The lowest BCUT2D eigenvalue weighted by Crippen LogP contribution is -2.26. The van der Waals surface area contributed by atoms with Crippen molar-refractivity contribution in [2.24, 2.45) is 0 Å². The number of nitro groups is 1. The largest absolute Gasteiger partial charge is 0.321 e. The van der Waals surface area contributed by atoms with Gasteiger partial charge in [-0.2, -0.15) is 0 Å². The van der Waals surface area contributed by atoms with Crippen molar-refractivity contribution >= 4 is 33.0 Å². The van der Waals surface area contributed by atoms with Crippen molar-refractivity contribution in [3.8, 4) is 0 Å². The Morgan fingerprint density at radius 1 is 1.19 bits per heavy atom. The Hall–Kier alpha value is -2.94. The Kier molecular flexibility index (Phi) is 5.31. The number of nitro benzene ring substituents is 1. The lowest BCUT2D eigenvalue weighted by atomic mass is 10.1. The number of carbonyl (C=O) groups excluding carboxylic acids is 1. The molecule has 9 heteroatoms. The molecule has 0 aliphatic carbocycles. The molecule has 0 fully saturated rings. The molecule has 0 saturated carbocycles. The molecule has 0 spiro atoms. The average molecular weight is 377 g/mol. The fourth-order valence-electron chi connectivity index (χ4n) is 2.42. The highest BCUT2D eigenvalue weighted by Crippen LogP contribution is 2.27. The van der Waals surface area contributed by atoms with Crippen molar-refractivity contribution in [1.29, 1.82) is 0 Å². The number of anilines is 2. The van der Waals surface area contributed by atoms with E-state index >= 15 is 0 Å². The summed E-state index contributed by atoms with van der Waals surface area (Å²) in [5.74, 6) is -0.489. The molecule has 1 N–H and O–H groups in total. The summed E-state index contributed by atoms with van der Waals surface area (Å²) in [7, 11) is -2.07. The van der Waals surface area contributed by atoms with Gasteiger partial charge in [-0.1, -0.05) is 12.1 Å². The summed E-state index contributed by atoms with van der Waals surface area (Å²) in [4.78, 5) is 23.0. The van der Waals surface area contributed by atoms with E-state index in [1.54, 1.807) is 32.0 Å². The molecule has 26 heavy (non-hydrogen) atoms. The van der Waals surface area contributed by atoms with Gasteiger partial charge in [0.05, 0.1) is 28.1 Å². The molecule has 0 aliphatic rings. The minimum absolute atomic E-state index is 0.0933. The van der Waals surface area contributed by atoms with Crippen LogP contribution in [0, 0.1) is 24.0 Å². The van der Waals surface area contributed by atoms with Crippen LogP contribution in [0.5, 0.6) is 0 Å². The van der Waals surface area contributed by atoms with Crippen molar-refractivity contribution < 1.29 is 18.1 Å².